The van der Waals surface area contributed by atoms with Crippen molar-refractivity contribution in [3.05, 3.63) is 30.0 Å². The molecular formula is C16H22N4. The Bertz CT molecular complexity index is 581. The van der Waals surface area contributed by atoms with Crippen LogP contribution in [0.5, 0.6) is 0 Å². The number of nitrogens with zero attached hydrogens (tertiary/aromatic N) is 2. The first kappa shape index (κ1) is 12.4. The minimum absolute atomic E-state index is 0.700. The van der Waals surface area contributed by atoms with Gasteiger partial charge in [-0.15, -0.1) is 0 Å². The number of benzene rings is 1. The Labute approximate surface area is 119 Å². The highest BCUT2D eigenvalue weighted by Crippen LogP contribution is 2.29. The molecule has 2 aliphatic rings. The Morgan fingerprint density at radius 1 is 1.25 bits per heavy atom. The molecule has 1 aliphatic carbocycles. The van der Waals surface area contributed by atoms with Gasteiger partial charge in [0.05, 0.1) is 11.7 Å². The molecule has 1 saturated heterocycles. The third kappa shape index (κ3) is 2.58. The van der Waals surface area contributed by atoms with E-state index in [4.69, 9.17) is 0 Å². The van der Waals surface area contributed by atoms with Gasteiger partial charge in [-0.05, 0) is 43.9 Å². The summed E-state index contributed by atoms with van der Waals surface area (Å²) in [4.78, 5) is 2.67. The van der Waals surface area contributed by atoms with Crippen LogP contribution in [0, 0.1) is 0 Å². The van der Waals surface area contributed by atoms with Crippen molar-refractivity contribution < 1.29 is 0 Å². The number of rotatable bonds is 5. The van der Waals surface area contributed by atoms with Gasteiger partial charge in [0.2, 0.25) is 0 Å². The lowest BCUT2D eigenvalue weighted by Gasteiger charge is -2.25. The van der Waals surface area contributed by atoms with Crippen LogP contribution >= 0.6 is 0 Å². The zero-order chi connectivity index (χ0) is 13.4. The van der Waals surface area contributed by atoms with Crippen LogP contribution < -0.4 is 5.32 Å². The first-order chi connectivity index (χ1) is 9.88. The summed E-state index contributed by atoms with van der Waals surface area (Å²) in [5.74, 6) is 0. The minimum atomic E-state index is 0.700. The van der Waals surface area contributed by atoms with E-state index >= 15 is 0 Å². The molecular weight excluding hydrogens is 248 g/mol. The topological polar surface area (TPSA) is 44.0 Å². The molecule has 2 heterocycles. The summed E-state index contributed by atoms with van der Waals surface area (Å²) in [7, 11) is 0. The highest BCUT2D eigenvalue weighted by atomic mass is 15.2. The molecule has 106 valence electrons. The lowest BCUT2D eigenvalue weighted by Crippen LogP contribution is -2.38. The van der Waals surface area contributed by atoms with Crippen LogP contribution in [0.1, 0.15) is 31.2 Å². The number of aromatic amines is 1. The normalized spacial score (nSPS) is 22.9. The van der Waals surface area contributed by atoms with Crippen molar-refractivity contribution in [1.29, 1.82) is 0 Å². The van der Waals surface area contributed by atoms with E-state index in [-0.39, 0.29) is 0 Å². The average molecular weight is 270 g/mol. The van der Waals surface area contributed by atoms with Crippen LogP contribution in [0.3, 0.4) is 0 Å². The van der Waals surface area contributed by atoms with Gasteiger partial charge in [0, 0.05) is 30.6 Å². The largest absolute Gasteiger partial charge is 0.313 e. The molecule has 0 spiro atoms. The fraction of sp³-hybridized carbons (Fsp3) is 0.562. The molecule has 0 bridgehead atoms. The molecule has 4 nitrogen and oxygen atoms in total. The summed E-state index contributed by atoms with van der Waals surface area (Å²) < 4.78 is 0. The van der Waals surface area contributed by atoms with E-state index in [1.807, 2.05) is 6.20 Å². The molecule has 4 rings (SSSR count). The van der Waals surface area contributed by atoms with E-state index in [1.54, 1.807) is 0 Å². The third-order valence-electron chi connectivity index (χ3n) is 4.57. The zero-order valence-corrected chi connectivity index (χ0v) is 11.8. The van der Waals surface area contributed by atoms with Crippen molar-refractivity contribution >= 4 is 10.9 Å². The van der Waals surface area contributed by atoms with Crippen molar-refractivity contribution in [3.63, 3.8) is 0 Å². The Morgan fingerprint density at radius 3 is 3.00 bits per heavy atom. The SMILES string of the molecule is c1cc2cn[nH]c2cc1CN(C[C@H]1CCCN1)C1CC1. The maximum absolute atomic E-state index is 4.10. The molecule has 1 aliphatic heterocycles. The maximum atomic E-state index is 4.10. The van der Waals surface area contributed by atoms with Gasteiger partial charge in [0.1, 0.15) is 0 Å². The predicted octanol–water partition coefficient (Wildman–Crippen LogP) is 2.28. The Kier molecular flexibility index (Phi) is 3.20. The molecule has 2 fully saturated rings. The second-order valence-electron chi connectivity index (χ2n) is 6.25. The molecule has 1 saturated carbocycles. The number of fused-ring (bicyclic) bond motifs is 1. The van der Waals surface area contributed by atoms with Gasteiger partial charge in [-0.1, -0.05) is 12.1 Å². The first-order valence-electron chi connectivity index (χ1n) is 7.78. The van der Waals surface area contributed by atoms with Crippen LogP contribution in [0.4, 0.5) is 0 Å². The molecule has 0 unspecified atom stereocenters. The van der Waals surface area contributed by atoms with Crippen molar-refractivity contribution in [1.82, 2.24) is 20.4 Å². The fourth-order valence-electron chi connectivity index (χ4n) is 3.30. The molecule has 1 atom stereocenters. The van der Waals surface area contributed by atoms with Crippen LogP contribution in [0.2, 0.25) is 0 Å². The molecule has 1 aromatic heterocycles. The quantitative estimate of drug-likeness (QED) is 0.876. The standard InChI is InChI=1S/C16H22N4/c1-2-14(17-7-1)11-20(15-5-6-15)10-12-3-4-13-9-18-19-16(13)8-12/h3-4,8-9,14-15,17H,1-2,5-7,10-11H2,(H,18,19)/t14-/m1/s1. The highest BCUT2D eigenvalue weighted by Gasteiger charge is 2.31. The second-order valence-corrected chi connectivity index (χ2v) is 6.25. The summed E-state index contributed by atoms with van der Waals surface area (Å²) in [6.07, 6.45) is 7.31. The summed E-state index contributed by atoms with van der Waals surface area (Å²) in [5.41, 5.74) is 2.55. The summed E-state index contributed by atoms with van der Waals surface area (Å²) in [5, 5.41) is 12.0. The van der Waals surface area contributed by atoms with E-state index in [9.17, 15) is 0 Å². The Morgan fingerprint density at radius 2 is 2.20 bits per heavy atom. The van der Waals surface area contributed by atoms with Gasteiger partial charge in [0.25, 0.3) is 0 Å². The average Bonchev–Trinajstić information content (AvgIpc) is 2.99. The molecule has 4 heteroatoms. The Hall–Kier alpha value is -1.39. The van der Waals surface area contributed by atoms with Crippen LogP contribution in [0.15, 0.2) is 24.4 Å². The first-order valence-corrected chi connectivity index (χ1v) is 7.78. The van der Waals surface area contributed by atoms with E-state index in [0.29, 0.717) is 6.04 Å². The number of H-pyrrole nitrogens is 1. The monoisotopic (exact) mass is 270 g/mol. The van der Waals surface area contributed by atoms with Gasteiger partial charge >= 0.3 is 0 Å². The number of nitrogens with one attached hydrogen (secondary N) is 2. The van der Waals surface area contributed by atoms with Crippen LogP contribution in [-0.4, -0.2) is 40.3 Å². The second kappa shape index (κ2) is 5.19. The van der Waals surface area contributed by atoms with Crippen molar-refractivity contribution in [3.8, 4) is 0 Å². The zero-order valence-electron chi connectivity index (χ0n) is 11.8. The fourth-order valence-corrected chi connectivity index (χ4v) is 3.30. The number of hydrogen-bond donors (Lipinski definition) is 2. The van der Waals surface area contributed by atoms with Crippen molar-refractivity contribution in [2.75, 3.05) is 13.1 Å². The molecule has 2 aromatic rings. The van der Waals surface area contributed by atoms with Crippen LogP contribution in [0.25, 0.3) is 10.9 Å². The van der Waals surface area contributed by atoms with Gasteiger partial charge in [-0.3, -0.25) is 10.00 Å². The smallest absolute Gasteiger partial charge is 0.0653 e. The summed E-state index contributed by atoms with van der Waals surface area (Å²) in [6.45, 7) is 3.47. The van der Waals surface area contributed by atoms with E-state index in [0.717, 1.165) is 18.1 Å². The maximum Gasteiger partial charge on any atom is 0.0653 e. The molecule has 0 amide bonds. The molecule has 1 aromatic carbocycles. The summed E-state index contributed by atoms with van der Waals surface area (Å²) in [6, 6.07) is 8.18. The van der Waals surface area contributed by atoms with E-state index in [2.05, 4.69) is 38.6 Å². The van der Waals surface area contributed by atoms with Gasteiger partial charge < -0.3 is 5.32 Å². The predicted molar refractivity (Wildman–Crippen MR) is 80.6 cm³/mol. The third-order valence-corrected chi connectivity index (χ3v) is 4.57. The molecule has 20 heavy (non-hydrogen) atoms. The minimum Gasteiger partial charge on any atom is -0.313 e. The summed E-state index contributed by atoms with van der Waals surface area (Å²) >= 11 is 0. The van der Waals surface area contributed by atoms with Crippen molar-refractivity contribution in [2.45, 2.75) is 44.3 Å². The van der Waals surface area contributed by atoms with E-state index < -0.39 is 0 Å². The van der Waals surface area contributed by atoms with Gasteiger partial charge in [-0.25, -0.2) is 0 Å². The van der Waals surface area contributed by atoms with E-state index in [1.165, 1.54) is 49.7 Å². The molecule has 0 radical (unpaired) electrons. The lowest BCUT2D eigenvalue weighted by atomic mass is 10.1. The number of hydrogen-bond acceptors (Lipinski definition) is 3. The van der Waals surface area contributed by atoms with Crippen molar-refractivity contribution in [2.24, 2.45) is 0 Å². The number of aromatic nitrogens is 2. The van der Waals surface area contributed by atoms with Gasteiger partial charge in [0.15, 0.2) is 0 Å². The highest BCUT2D eigenvalue weighted by molar-refractivity contribution is 5.78. The van der Waals surface area contributed by atoms with Gasteiger partial charge in [-0.2, -0.15) is 5.10 Å². The lowest BCUT2D eigenvalue weighted by molar-refractivity contribution is 0.231. The molecule has 2 N–H and O–H groups in total. The van der Waals surface area contributed by atoms with Crippen LogP contribution in [-0.2, 0) is 6.54 Å². The Balaban J connectivity index is 1.48.